The molecule has 29 heavy (non-hydrogen) atoms. The highest BCUT2D eigenvalue weighted by Gasteiger charge is 2.55. The number of nitrogens with zero attached hydrogens (tertiary/aromatic N) is 1. The average Bonchev–Trinajstić information content (AvgIpc) is 2.87. The second-order valence-corrected chi connectivity index (χ2v) is 8.09. The fraction of sp³-hybridized carbons (Fsp3) is 0.737. The summed E-state index contributed by atoms with van der Waals surface area (Å²) in [5.41, 5.74) is -0.957. The van der Waals surface area contributed by atoms with Crippen molar-refractivity contribution in [2.45, 2.75) is 58.4 Å². The lowest BCUT2D eigenvalue weighted by Crippen LogP contribution is -2.54. The number of nitrogens with one attached hydrogen (secondary N) is 3. The third kappa shape index (κ3) is 5.68. The maximum atomic E-state index is 12.8. The zero-order valence-corrected chi connectivity index (χ0v) is 17.2. The van der Waals surface area contributed by atoms with Crippen LogP contribution in [0.5, 0.6) is 0 Å². The molecule has 1 heterocycles. The molecule has 6 amide bonds. The highest BCUT2D eigenvalue weighted by Crippen LogP contribution is 2.38. The standard InChI is InChI=1S/C19H30N4O6/c1-12(2)7-9-20-17(27)21-14(24)11-29-15(25)10-23-16(26)19(22-18(23)28)8-5-4-6-13(19)3/h12-13H,4-11H2,1-3H3,(H,22,28)(H2,20,21,24,27)/t13-,19+/m0/s1. The largest absolute Gasteiger partial charge is 0.454 e. The van der Waals surface area contributed by atoms with Crippen LogP contribution in [0.4, 0.5) is 9.59 Å². The van der Waals surface area contributed by atoms with E-state index in [-0.39, 0.29) is 5.92 Å². The van der Waals surface area contributed by atoms with Gasteiger partial charge >= 0.3 is 18.0 Å². The molecule has 162 valence electrons. The first-order valence-corrected chi connectivity index (χ1v) is 10.0. The van der Waals surface area contributed by atoms with Gasteiger partial charge in [-0.1, -0.05) is 33.6 Å². The SMILES string of the molecule is CC(C)CCNC(=O)NC(=O)COC(=O)CN1C(=O)N[C@@]2(CCCC[C@@H]2C)C1=O. The van der Waals surface area contributed by atoms with Gasteiger partial charge in [0.15, 0.2) is 6.61 Å². The van der Waals surface area contributed by atoms with Crippen molar-refractivity contribution in [1.29, 1.82) is 0 Å². The molecule has 1 saturated carbocycles. The summed E-state index contributed by atoms with van der Waals surface area (Å²) in [4.78, 5) is 61.1. The van der Waals surface area contributed by atoms with Crippen molar-refractivity contribution >= 4 is 29.8 Å². The van der Waals surface area contributed by atoms with E-state index in [1.165, 1.54) is 0 Å². The number of hydrogen-bond acceptors (Lipinski definition) is 6. The van der Waals surface area contributed by atoms with Crippen LogP contribution in [-0.2, 0) is 19.1 Å². The lowest BCUT2D eigenvalue weighted by atomic mass is 9.73. The summed E-state index contributed by atoms with van der Waals surface area (Å²) >= 11 is 0. The molecule has 0 aromatic carbocycles. The molecule has 0 aromatic rings. The molecule has 0 bridgehead atoms. The fourth-order valence-corrected chi connectivity index (χ4v) is 3.64. The van der Waals surface area contributed by atoms with Crippen LogP contribution in [0.3, 0.4) is 0 Å². The highest BCUT2D eigenvalue weighted by atomic mass is 16.5. The third-order valence-corrected chi connectivity index (χ3v) is 5.41. The Bertz CT molecular complexity index is 680. The molecule has 0 radical (unpaired) electrons. The molecule has 10 heteroatoms. The van der Waals surface area contributed by atoms with Gasteiger partial charge in [-0.15, -0.1) is 0 Å². The zero-order valence-electron chi connectivity index (χ0n) is 17.2. The first-order chi connectivity index (χ1) is 13.7. The van der Waals surface area contributed by atoms with Crippen LogP contribution in [0.15, 0.2) is 0 Å². The van der Waals surface area contributed by atoms with E-state index in [2.05, 4.69) is 10.6 Å². The zero-order chi connectivity index (χ0) is 21.6. The summed E-state index contributed by atoms with van der Waals surface area (Å²) in [5, 5.41) is 7.31. The lowest BCUT2D eigenvalue weighted by molar-refractivity contribution is -0.151. The van der Waals surface area contributed by atoms with Gasteiger partial charge in [0, 0.05) is 6.54 Å². The van der Waals surface area contributed by atoms with Gasteiger partial charge in [-0.05, 0) is 31.1 Å². The Kier molecular flexibility index (Phi) is 7.58. The predicted molar refractivity (Wildman–Crippen MR) is 103 cm³/mol. The molecule has 1 saturated heterocycles. The van der Waals surface area contributed by atoms with Crippen molar-refractivity contribution in [2.75, 3.05) is 19.7 Å². The number of urea groups is 2. The Labute approximate surface area is 170 Å². The number of ether oxygens (including phenoxy) is 1. The third-order valence-electron chi connectivity index (χ3n) is 5.41. The first-order valence-electron chi connectivity index (χ1n) is 10.0. The molecule has 2 rings (SSSR count). The van der Waals surface area contributed by atoms with Crippen LogP contribution in [-0.4, -0.2) is 60.0 Å². The molecule has 1 aliphatic heterocycles. The summed E-state index contributed by atoms with van der Waals surface area (Å²) in [7, 11) is 0. The summed E-state index contributed by atoms with van der Waals surface area (Å²) in [6.45, 7) is 5.09. The van der Waals surface area contributed by atoms with Gasteiger partial charge < -0.3 is 15.4 Å². The van der Waals surface area contributed by atoms with Crippen molar-refractivity contribution < 1.29 is 28.7 Å². The molecule has 3 N–H and O–H groups in total. The van der Waals surface area contributed by atoms with E-state index in [0.29, 0.717) is 18.9 Å². The van der Waals surface area contributed by atoms with E-state index in [0.717, 1.165) is 30.6 Å². The molecular formula is C19H30N4O6. The van der Waals surface area contributed by atoms with Crippen LogP contribution in [0.1, 0.15) is 52.9 Å². The van der Waals surface area contributed by atoms with Crippen molar-refractivity contribution in [1.82, 2.24) is 20.9 Å². The van der Waals surface area contributed by atoms with Gasteiger partial charge in [-0.2, -0.15) is 0 Å². The molecule has 1 aliphatic carbocycles. The van der Waals surface area contributed by atoms with E-state index < -0.39 is 48.5 Å². The Hall–Kier alpha value is -2.65. The highest BCUT2D eigenvalue weighted by molar-refractivity contribution is 6.09. The Morgan fingerprint density at radius 3 is 2.66 bits per heavy atom. The topological polar surface area (TPSA) is 134 Å². The van der Waals surface area contributed by atoms with Crippen molar-refractivity contribution in [3.63, 3.8) is 0 Å². The van der Waals surface area contributed by atoms with Crippen LogP contribution < -0.4 is 16.0 Å². The van der Waals surface area contributed by atoms with E-state index in [1.54, 1.807) is 0 Å². The number of carbonyl (C=O) groups is 5. The molecule has 1 spiro atoms. The van der Waals surface area contributed by atoms with Crippen LogP contribution in [0.25, 0.3) is 0 Å². The minimum atomic E-state index is -0.957. The molecule has 0 unspecified atom stereocenters. The normalized spacial score (nSPS) is 23.9. The summed E-state index contributed by atoms with van der Waals surface area (Å²) < 4.78 is 4.80. The predicted octanol–water partition coefficient (Wildman–Crippen LogP) is 0.902. The quantitative estimate of drug-likeness (QED) is 0.422. The maximum Gasteiger partial charge on any atom is 0.326 e. The van der Waals surface area contributed by atoms with Crippen molar-refractivity contribution in [3.05, 3.63) is 0 Å². The Balaban J connectivity index is 1.77. The molecular weight excluding hydrogens is 380 g/mol. The number of esters is 1. The molecule has 2 fully saturated rings. The van der Waals surface area contributed by atoms with Gasteiger partial charge in [-0.25, -0.2) is 9.59 Å². The molecule has 2 aliphatic rings. The Morgan fingerprint density at radius 1 is 1.28 bits per heavy atom. The second-order valence-electron chi connectivity index (χ2n) is 8.09. The van der Waals surface area contributed by atoms with E-state index >= 15 is 0 Å². The van der Waals surface area contributed by atoms with Crippen LogP contribution in [0, 0.1) is 11.8 Å². The smallest absolute Gasteiger partial charge is 0.326 e. The molecule has 0 aromatic heterocycles. The van der Waals surface area contributed by atoms with Gasteiger partial charge in [-0.3, -0.25) is 24.6 Å². The number of rotatable bonds is 7. The monoisotopic (exact) mass is 410 g/mol. The summed E-state index contributed by atoms with van der Waals surface area (Å²) in [6.07, 6.45) is 3.95. The van der Waals surface area contributed by atoms with E-state index in [9.17, 15) is 24.0 Å². The molecule has 2 atom stereocenters. The van der Waals surface area contributed by atoms with Gasteiger partial charge in [0.05, 0.1) is 0 Å². The van der Waals surface area contributed by atoms with Gasteiger partial charge in [0.1, 0.15) is 12.1 Å². The first kappa shape index (κ1) is 22.6. The van der Waals surface area contributed by atoms with E-state index in [1.807, 2.05) is 26.1 Å². The van der Waals surface area contributed by atoms with Gasteiger partial charge in [0.25, 0.3) is 11.8 Å². The summed E-state index contributed by atoms with van der Waals surface area (Å²) in [5.74, 6) is -1.73. The van der Waals surface area contributed by atoms with Crippen molar-refractivity contribution in [2.24, 2.45) is 11.8 Å². The lowest BCUT2D eigenvalue weighted by Gasteiger charge is -2.36. The average molecular weight is 410 g/mol. The van der Waals surface area contributed by atoms with Crippen molar-refractivity contribution in [3.8, 4) is 0 Å². The summed E-state index contributed by atoms with van der Waals surface area (Å²) in [6, 6.07) is -1.30. The Morgan fingerprint density at radius 2 is 2.00 bits per heavy atom. The minimum absolute atomic E-state index is 0.0197. The molecule has 10 nitrogen and oxygen atoms in total. The second kappa shape index (κ2) is 9.71. The number of hydrogen-bond donors (Lipinski definition) is 3. The maximum absolute atomic E-state index is 12.8. The fourth-order valence-electron chi connectivity index (χ4n) is 3.64. The number of imide groups is 2. The minimum Gasteiger partial charge on any atom is -0.454 e. The van der Waals surface area contributed by atoms with Gasteiger partial charge in [0.2, 0.25) is 0 Å². The number of carbonyl (C=O) groups excluding carboxylic acids is 5. The van der Waals surface area contributed by atoms with E-state index in [4.69, 9.17) is 4.74 Å². The van der Waals surface area contributed by atoms with Crippen LogP contribution in [0.2, 0.25) is 0 Å². The van der Waals surface area contributed by atoms with Crippen LogP contribution >= 0.6 is 0 Å². The number of amides is 6.